The first kappa shape index (κ1) is 14.4. The molecule has 2 rings (SSSR count). The maximum atomic E-state index is 11.9. The fourth-order valence-electron chi connectivity index (χ4n) is 1.58. The number of carbonyl (C=O) groups is 1. The molecule has 8 nitrogen and oxygen atoms in total. The first-order valence-corrected chi connectivity index (χ1v) is 6.40. The average molecular weight is 297 g/mol. The van der Waals surface area contributed by atoms with Gasteiger partial charge in [0.25, 0.3) is 5.91 Å². The van der Waals surface area contributed by atoms with E-state index in [1.807, 2.05) is 4.90 Å². The molecular weight excluding hydrogens is 282 g/mol. The summed E-state index contributed by atoms with van der Waals surface area (Å²) in [6.07, 6.45) is 2.76. The third-order valence-corrected chi connectivity index (χ3v) is 3.00. The zero-order valence-corrected chi connectivity index (χ0v) is 11.8. The number of thiocarbonyl (C=S) groups is 1. The SMILES string of the molecule is COc1cncc(C(=O)NNC(=S)N2CCOCC2)n1. The summed E-state index contributed by atoms with van der Waals surface area (Å²) in [7, 11) is 1.46. The summed E-state index contributed by atoms with van der Waals surface area (Å²) in [5.74, 6) is -0.166. The van der Waals surface area contributed by atoms with Gasteiger partial charge in [-0.15, -0.1) is 0 Å². The molecule has 0 aromatic carbocycles. The molecule has 108 valence electrons. The Balaban J connectivity index is 1.86. The summed E-state index contributed by atoms with van der Waals surface area (Å²) >= 11 is 5.17. The molecule has 2 N–H and O–H groups in total. The lowest BCUT2D eigenvalue weighted by molar-refractivity contribution is 0.0670. The van der Waals surface area contributed by atoms with E-state index in [0.29, 0.717) is 31.4 Å². The van der Waals surface area contributed by atoms with Crippen LogP contribution in [-0.4, -0.2) is 59.3 Å². The number of morpholine rings is 1. The summed E-state index contributed by atoms with van der Waals surface area (Å²) in [5, 5.41) is 0.442. The van der Waals surface area contributed by atoms with Crippen LogP contribution >= 0.6 is 12.2 Å². The number of nitrogens with zero attached hydrogens (tertiary/aromatic N) is 3. The van der Waals surface area contributed by atoms with Crippen molar-refractivity contribution in [1.82, 2.24) is 25.7 Å². The number of hydrogen-bond acceptors (Lipinski definition) is 6. The Hall–Kier alpha value is -2.00. The number of hydrogen-bond donors (Lipinski definition) is 2. The lowest BCUT2D eigenvalue weighted by atomic mass is 10.4. The van der Waals surface area contributed by atoms with E-state index >= 15 is 0 Å². The summed E-state index contributed by atoms with van der Waals surface area (Å²) in [6, 6.07) is 0. The molecule has 1 fully saturated rings. The van der Waals surface area contributed by atoms with Crippen molar-refractivity contribution in [2.75, 3.05) is 33.4 Å². The topological polar surface area (TPSA) is 88.6 Å². The largest absolute Gasteiger partial charge is 0.480 e. The van der Waals surface area contributed by atoms with Crippen LogP contribution in [0.15, 0.2) is 12.4 Å². The first-order chi connectivity index (χ1) is 9.70. The highest BCUT2D eigenvalue weighted by atomic mass is 32.1. The van der Waals surface area contributed by atoms with Gasteiger partial charge in [-0.1, -0.05) is 0 Å². The van der Waals surface area contributed by atoms with Gasteiger partial charge in [0.05, 0.1) is 32.7 Å². The number of carbonyl (C=O) groups excluding carboxylic acids is 1. The van der Waals surface area contributed by atoms with E-state index in [-0.39, 0.29) is 11.6 Å². The van der Waals surface area contributed by atoms with E-state index in [9.17, 15) is 4.79 Å². The molecule has 1 amide bonds. The van der Waals surface area contributed by atoms with Gasteiger partial charge < -0.3 is 14.4 Å². The second-order valence-corrected chi connectivity index (χ2v) is 4.32. The molecule has 0 aliphatic carbocycles. The summed E-state index contributed by atoms with van der Waals surface area (Å²) in [4.78, 5) is 21.6. The number of methoxy groups -OCH3 is 1. The van der Waals surface area contributed by atoms with Crippen molar-refractivity contribution >= 4 is 23.2 Å². The van der Waals surface area contributed by atoms with Gasteiger partial charge in [-0.25, -0.2) is 4.98 Å². The smallest absolute Gasteiger partial charge is 0.290 e. The number of aromatic nitrogens is 2. The zero-order valence-electron chi connectivity index (χ0n) is 11.0. The molecule has 0 unspecified atom stereocenters. The second kappa shape index (κ2) is 6.96. The van der Waals surface area contributed by atoms with E-state index < -0.39 is 5.91 Å². The van der Waals surface area contributed by atoms with Crippen LogP contribution < -0.4 is 15.6 Å². The highest BCUT2D eigenvalue weighted by molar-refractivity contribution is 7.80. The van der Waals surface area contributed by atoms with E-state index in [2.05, 4.69) is 20.8 Å². The molecule has 0 atom stereocenters. The zero-order chi connectivity index (χ0) is 14.4. The second-order valence-electron chi connectivity index (χ2n) is 3.93. The number of amides is 1. The van der Waals surface area contributed by atoms with Crippen LogP contribution in [0.5, 0.6) is 5.88 Å². The highest BCUT2D eigenvalue weighted by Gasteiger charge is 2.15. The number of nitrogens with one attached hydrogen (secondary N) is 2. The van der Waals surface area contributed by atoms with E-state index in [0.717, 1.165) is 0 Å². The Labute approximate surface area is 121 Å². The van der Waals surface area contributed by atoms with Crippen LogP contribution in [0, 0.1) is 0 Å². The number of hydrazine groups is 1. The van der Waals surface area contributed by atoms with Crippen LogP contribution in [0.25, 0.3) is 0 Å². The van der Waals surface area contributed by atoms with Gasteiger partial charge in [0, 0.05) is 13.1 Å². The monoisotopic (exact) mass is 297 g/mol. The Kier molecular flexibility index (Phi) is 5.02. The van der Waals surface area contributed by atoms with Crippen molar-refractivity contribution in [3.05, 3.63) is 18.1 Å². The van der Waals surface area contributed by atoms with Crippen molar-refractivity contribution in [3.8, 4) is 5.88 Å². The molecule has 1 aliphatic heterocycles. The quantitative estimate of drug-likeness (QED) is 0.549. The number of ether oxygens (including phenoxy) is 2. The molecule has 2 heterocycles. The standard InChI is InChI=1S/C11H15N5O3S/c1-18-9-7-12-6-8(13-9)10(17)14-15-11(20)16-2-4-19-5-3-16/h6-7H,2-5H2,1H3,(H,14,17)(H,15,20). The fraction of sp³-hybridized carbons (Fsp3) is 0.455. The minimum atomic E-state index is -0.438. The Morgan fingerprint density at radius 1 is 1.40 bits per heavy atom. The molecule has 0 bridgehead atoms. The molecule has 0 radical (unpaired) electrons. The van der Waals surface area contributed by atoms with Crippen molar-refractivity contribution in [1.29, 1.82) is 0 Å². The Bertz CT molecular complexity index is 493. The van der Waals surface area contributed by atoms with E-state index in [1.165, 1.54) is 19.5 Å². The van der Waals surface area contributed by atoms with E-state index in [1.54, 1.807) is 0 Å². The van der Waals surface area contributed by atoms with Gasteiger partial charge in [0.1, 0.15) is 0 Å². The third kappa shape index (κ3) is 3.75. The lowest BCUT2D eigenvalue weighted by Gasteiger charge is -2.29. The van der Waals surface area contributed by atoms with Crippen LogP contribution in [0.1, 0.15) is 10.5 Å². The van der Waals surface area contributed by atoms with Gasteiger partial charge in [0.2, 0.25) is 5.88 Å². The minimum Gasteiger partial charge on any atom is -0.480 e. The first-order valence-electron chi connectivity index (χ1n) is 5.99. The van der Waals surface area contributed by atoms with Gasteiger partial charge in [-0.05, 0) is 12.2 Å². The summed E-state index contributed by atoms with van der Waals surface area (Å²) < 4.78 is 10.1. The van der Waals surface area contributed by atoms with Gasteiger partial charge >= 0.3 is 0 Å². The fourth-order valence-corrected chi connectivity index (χ4v) is 1.81. The maximum Gasteiger partial charge on any atom is 0.290 e. The van der Waals surface area contributed by atoms with Crippen molar-refractivity contribution in [2.45, 2.75) is 0 Å². The van der Waals surface area contributed by atoms with Crippen LogP contribution in [0.3, 0.4) is 0 Å². The molecule has 9 heteroatoms. The van der Waals surface area contributed by atoms with Gasteiger partial charge in [0.15, 0.2) is 10.8 Å². The number of rotatable bonds is 2. The van der Waals surface area contributed by atoms with Crippen molar-refractivity contribution in [3.63, 3.8) is 0 Å². The normalized spacial score (nSPS) is 14.6. The predicted octanol–water partition coefficient (Wildman–Crippen LogP) is -0.663. The Morgan fingerprint density at radius 2 is 2.15 bits per heavy atom. The molecule has 1 aliphatic rings. The average Bonchev–Trinajstić information content (AvgIpc) is 2.53. The van der Waals surface area contributed by atoms with Crippen LogP contribution in [-0.2, 0) is 4.74 Å². The lowest BCUT2D eigenvalue weighted by Crippen LogP contribution is -2.51. The molecule has 1 aromatic rings. The summed E-state index contributed by atoms with van der Waals surface area (Å²) in [6.45, 7) is 2.63. The van der Waals surface area contributed by atoms with Crippen molar-refractivity contribution < 1.29 is 14.3 Å². The molecular formula is C11H15N5O3S. The molecule has 0 spiro atoms. The van der Waals surface area contributed by atoms with E-state index in [4.69, 9.17) is 21.7 Å². The summed E-state index contributed by atoms with van der Waals surface area (Å²) in [5.41, 5.74) is 5.30. The molecule has 1 saturated heterocycles. The van der Waals surface area contributed by atoms with Crippen molar-refractivity contribution in [2.24, 2.45) is 0 Å². The molecule has 0 saturated carbocycles. The van der Waals surface area contributed by atoms with Crippen LogP contribution in [0.2, 0.25) is 0 Å². The van der Waals surface area contributed by atoms with Gasteiger partial charge in [-0.3, -0.25) is 20.6 Å². The van der Waals surface area contributed by atoms with Gasteiger partial charge in [-0.2, -0.15) is 0 Å². The Morgan fingerprint density at radius 3 is 2.85 bits per heavy atom. The van der Waals surface area contributed by atoms with Crippen LogP contribution in [0.4, 0.5) is 0 Å². The molecule has 1 aromatic heterocycles. The third-order valence-electron chi connectivity index (χ3n) is 2.64. The highest BCUT2D eigenvalue weighted by Crippen LogP contribution is 2.03. The maximum absolute atomic E-state index is 11.9. The predicted molar refractivity (Wildman–Crippen MR) is 74.2 cm³/mol. The minimum absolute atomic E-state index is 0.140. The molecule has 20 heavy (non-hydrogen) atoms.